The van der Waals surface area contributed by atoms with Crippen LogP contribution in [0.2, 0.25) is 0 Å². The van der Waals surface area contributed by atoms with Gasteiger partial charge in [-0.25, -0.2) is 35.1 Å². The predicted molar refractivity (Wildman–Crippen MR) is 263 cm³/mol. The summed E-state index contributed by atoms with van der Waals surface area (Å²) in [4.78, 5) is 0. The van der Waals surface area contributed by atoms with Gasteiger partial charge in [-0.1, -0.05) is 194 Å². The van der Waals surface area contributed by atoms with Gasteiger partial charge in [-0.15, -0.1) is 0 Å². The van der Waals surface area contributed by atoms with Gasteiger partial charge in [0.1, 0.15) is 24.8 Å². The van der Waals surface area contributed by atoms with Gasteiger partial charge in [0.15, 0.2) is 0 Å². The molecular weight excluding hydrogens is 841 g/mol. The first-order chi connectivity index (χ1) is 31.0. The van der Waals surface area contributed by atoms with Crippen molar-refractivity contribution in [2.75, 3.05) is 11.5 Å². The van der Waals surface area contributed by atoms with E-state index in [1.165, 1.54) is 191 Å². The Morgan fingerprint density at radius 1 is 0.375 bits per heavy atom. The SMILES string of the molecule is CCCCCCCCCCCCCCCCCc1n(CCCCCCn2cc[n+](CCCS(=O)(=O)[O-])c2CCCCCCCCCCCCCCCCC)cc[n+]1CCCS(=O)(=O)[O-]. The van der Waals surface area contributed by atoms with Crippen LogP contribution in [0.15, 0.2) is 24.8 Å². The minimum Gasteiger partial charge on any atom is -0.748 e. The van der Waals surface area contributed by atoms with E-state index < -0.39 is 20.2 Å². The molecule has 10 nitrogen and oxygen atoms in total. The standard InChI is InChI=1S/C52H98N4O6S2/c1-3-5-7-9-11-13-15-17-19-21-23-25-27-29-33-39-51-53(45-47-55(51)43-37-49-63(57,58)59)41-35-31-32-36-42-54-46-48-56(44-38-50-64(60,61)62)52(54)40-34-30-28-26-24-22-20-18-16-14-12-10-8-6-4-2/h45-48H,3-44,49-50H2,1-2H3. The average molecular weight is 940 g/mol. The highest BCUT2D eigenvalue weighted by molar-refractivity contribution is 7.85. The molecule has 0 aliphatic heterocycles. The lowest BCUT2D eigenvalue weighted by molar-refractivity contribution is -0.703. The van der Waals surface area contributed by atoms with Crippen molar-refractivity contribution < 1.29 is 35.1 Å². The zero-order chi connectivity index (χ0) is 46.4. The third kappa shape index (κ3) is 32.0. The van der Waals surface area contributed by atoms with Crippen molar-refractivity contribution in [1.29, 1.82) is 0 Å². The number of unbranched alkanes of at least 4 members (excludes halogenated alkanes) is 31. The summed E-state index contributed by atoms with van der Waals surface area (Å²) in [6.07, 6.45) is 55.4. The maximum absolute atomic E-state index is 11.3. The van der Waals surface area contributed by atoms with Crippen LogP contribution in [0.25, 0.3) is 0 Å². The summed E-state index contributed by atoms with van der Waals surface area (Å²) in [6.45, 7) is 7.51. The summed E-state index contributed by atoms with van der Waals surface area (Å²) >= 11 is 0. The summed E-state index contributed by atoms with van der Waals surface area (Å²) in [5.41, 5.74) is 0. The Labute approximate surface area is 394 Å². The predicted octanol–water partition coefficient (Wildman–Crippen LogP) is 12.8. The first-order valence-corrected chi connectivity index (χ1v) is 30.2. The fourth-order valence-corrected chi connectivity index (χ4v) is 10.4. The summed E-state index contributed by atoms with van der Waals surface area (Å²) < 4.78 is 76.8. The van der Waals surface area contributed by atoms with Crippen molar-refractivity contribution in [2.24, 2.45) is 0 Å². The van der Waals surface area contributed by atoms with Gasteiger partial charge in [-0.2, -0.15) is 0 Å². The first-order valence-electron chi connectivity index (χ1n) is 27.1. The van der Waals surface area contributed by atoms with Crippen LogP contribution in [0.5, 0.6) is 0 Å². The molecule has 0 radical (unpaired) electrons. The topological polar surface area (TPSA) is 132 Å². The van der Waals surface area contributed by atoms with Crippen molar-refractivity contribution in [3.05, 3.63) is 36.4 Å². The van der Waals surface area contributed by atoms with Crippen LogP contribution in [0.4, 0.5) is 0 Å². The third-order valence-corrected chi connectivity index (χ3v) is 14.9. The molecule has 0 spiro atoms. The zero-order valence-electron chi connectivity index (χ0n) is 41.5. The third-order valence-electron chi connectivity index (χ3n) is 13.3. The summed E-state index contributed by atoms with van der Waals surface area (Å²) in [5.74, 6) is 1.83. The number of aromatic nitrogens is 4. The second kappa shape index (κ2) is 38.2. The van der Waals surface area contributed by atoms with E-state index in [1.807, 2.05) is 0 Å². The van der Waals surface area contributed by atoms with Crippen molar-refractivity contribution in [2.45, 2.75) is 284 Å². The number of hydrogen-bond acceptors (Lipinski definition) is 6. The maximum Gasteiger partial charge on any atom is 0.256 e. The van der Waals surface area contributed by atoms with E-state index in [9.17, 15) is 25.9 Å². The smallest absolute Gasteiger partial charge is 0.256 e. The summed E-state index contributed by atoms with van der Waals surface area (Å²) in [5, 5.41) is 0. The van der Waals surface area contributed by atoms with Crippen LogP contribution >= 0.6 is 0 Å². The molecule has 0 fully saturated rings. The van der Waals surface area contributed by atoms with E-state index in [1.54, 1.807) is 0 Å². The monoisotopic (exact) mass is 939 g/mol. The Morgan fingerprint density at radius 3 is 0.891 bits per heavy atom. The fraction of sp³-hybridized carbons (Fsp3) is 0.885. The molecule has 0 N–H and O–H groups in total. The highest BCUT2D eigenvalue weighted by atomic mass is 32.2. The first kappa shape index (κ1) is 58.4. The zero-order valence-corrected chi connectivity index (χ0v) is 43.1. The lowest BCUT2D eigenvalue weighted by Gasteiger charge is -2.09. The average Bonchev–Trinajstić information content (AvgIpc) is 3.83. The second-order valence-corrected chi connectivity index (χ2v) is 22.3. The molecule has 12 heteroatoms. The van der Waals surface area contributed by atoms with E-state index in [0.717, 1.165) is 64.5 Å². The van der Waals surface area contributed by atoms with Gasteiger partial charge in [0.05, 0.1) is 46.4 Å². The lowest BCUT2D eigenvalue weighted by Crippen LogP contribution is -2.38. The highest BCUT2D eigenvalue weighted by Crippen LogP contribution is 2.17. The van der Waals surface area contributed by atoms with Gasteiger partial charge in [0.25, 0.3) is 11.6 Å². The van der Waals surface area contributed by atoms with Crippen molar-refractivity contribution in [3.8, 4) is 0 Å². The van der Waals surface area contributed by atoms with Gasteiger partial charge in [0, 0.05) is 24.3 Å². The molecule has 2 heterocycles. The van der Waals surface area contributed by atoms with E-state index in [2.05, 4.69) is 56.9 Å². The van der Waals surface area contributed by atoms with Crippen LogP contribution in [-0.2, 0) is 59.3 Å². The molecule has 0 atom stereocenters. The van der Waals surface area contributed by atoms with E-state index in [0.29, 0.717) is 25.9 Å². The normalized spacial score (nSPS) is 12.2. The molecule has 0 aliphatic carbocycles. The van der Waals surface area contributed by atoms with E-state index in [-0.39, 0.29) is 11.5 Å². The fourth-order valence-electron chi connectivity index (χ4n) is 9.43. The Hall–Kier alpha value is -1.76. The molecule has 0 aromatic carbocycles. The van der Waals surface area contributed by atoms with Crippen LogP contribution in [0.1, 0.15) is 257 Å². The molecule has 2 aromatic rings. The van der Waals surface area contributed by atoms with E-state index in [4.69, 9.17) is 0 Å². The van der Waals surface area contributed by atoms with Gasteiger partial charge < -0.3 is 9.11 Å². The Kier molecular flexibility index (Phi) is 34.9. The Balaban J connectivity index is 1.74. The number of imidazole rings is 2. The Bertz CT molecular complexity index is 1490. The molecule has 2 aromatic heterocycles. The number of aryl methyl sites for hydroxylation is 4. The van der Waals surface area contributed by atoms with Crippen LogP contribution in [0, 0.1) is 0 Å². The Morgan fingerprint density at radius 2 is 0.625 bits per heavy atom. The minimum absolute atomic E-state index is 0.325. The quantitative estimate of drug-likeness (QED) is 0.0369. The van der Waals surface area contributed by atoms with Gasteiger partial charge in [-0.3, -0.25) is 0 Å². The molecular formula is C52H98N4O6S2. The second-order valence-electron chi connectivity index (χ2n) is 19.2. The molecule has 0 saturated heterocycles. The van der Waals surface area contributed by atoms with Crippen LogP contribution in [-0.4, -0.2) is 46.6 Å². The van der Waals surface area contributed by atoms with E-state index >= 15 is 0 Å². The molecule has 0 saturated carbocycles. The van der Waals surface area contributed by atoms with Gasteiger partial charge in [0.2, 0.25) is 0 Å². The number of nitrogens with zero attached hydrogens (tertiary/aromatic N) is 4. The summed E-state index contributed by atoms with van der Waals surface area (Å²) in [6, 6.07) is 0. The molecule has 0 bridgehead atoms. The lowest BCUT2D eigenvalue weighted by atomic mass is 10.0. The largest absolute Gasteiger partial charge is 0.748 e. The molecule has 64 heavy (non-hydrogen) atoms. The van der Waals surface area contributed by atoms with Gasteiger partial charge >= 0.3 is 0 Å². The van der Waals surface area contributed by atoms with Crippen molar-refractivity contribution in [1.82, 2.24) is 9.13 Å². The molecule has 2 rings (SSSR count). The molecule has 374 valence electrons. The van der Waals surface area contributed by atoms with Crippen LogP contribution < -0.4 is 9.13 Å². The number of hydrogen-bond donors (Lipinski definition) is 0. The van der Waals surface area contributed by atoms with Crippen LogP contribution in [0.3, 0.4) is 0 Å². The molecule has 0 unspecified atom stereocenters. The summed E-state index contributed by atoms with van der Waals surface area (Å²) in [7, 11) is -8.44. The van der Waals surface area contributed by atoms with Crippen molar-refractivity contribution >= 4 is 20.2 Å². The minimum atomic E-state index is -4.22. The maximum atomic E-state index is 11.3. The molecule has 0 amide bonds. The highest BCUT2D eigenvalue weighted by Gasteiger charge is 2.19. The molecule has 0 aliphatic rings. The van der Waals surface area contributed by atoms with Crippen molar-refractivity contribution in [3.63, 3.8) is 0 Å². The van der Waals surface area contributed by atoms with Gasteiger partial charge in [-0.05, 0) is 51.4 Å². The number of rotatable bonds is 47.